The first-order valence-corrected chi connectivity index (χ1v) is 8.30. The minimum absolute atomic E-state index is 0.0552. The third-order valence-electron chi connectivity index (χ3n) is 3.63. The smallest absolute Gasteiger partial charge is 0.251 e. The van der Waals surface area contributed by atoms with Gasteiger partial charge in [0.2, 0.25) is 5.91 Å². The number of benzene rings is 2. The Morgan fingerprint density at radius 1 is 1.16 bits per heavy atom. The highest BCUT2D eigenvalue weighted by atomic mass is 35.5. The quantitative estimate of drug-likeness (QED) is 0.826. The van der Waals surface area contributed by atoms with Gasteiger partial charge in [-0.2, -0.15) is 0 Å². The van der Waals surface area contributed by atoms with E-state index in [9.17, 15) is 9.59 Å². The number of halogens is 1. The molecule has 6 heteroatoms. The molecule has 0 fully saturated rings. The van der Waals surface area contributed by atoms with E-state index in [0.717, 1.165) is 5.56 Å². The van der Waals surface area contributed by atoms with E-state index in [4.69, 9.17) is 16.3 Å². The molecular formula is C19H21ClN2O3. The van der Waals surface area contributed by atoms with Gasteiger partial charge in [0.15, 0.2) is 0 Å². The van der Waals surface area contributed by atoms with E-state index in [1.807, 2.05) is 19.1 Å². The number of rotatable bonds is 7. The van der Waals surface area contributed by atoms with Gasteiger partial charge in [-0.3, -0.25) is 9.59 Å². The second-order valence-corrected chi connectivity index (χ2v) is 6.11. The second kappa shape index (κ2) is 9.08. The van der Waals surface area contributed by atoms with Crippen LogP contribution < -0.4 is 10.1 Å². The summed E-state index contributed by atoms with van der Waals surface area (Å²) in [7, 11) is 1.67. The van der Waals surface area contributed by atoms with Gasteiger partial charge in [-0.1, -0.05) is 35.4 Å². The van der Waals surface area contributed by atoms with Crippen LogP contribution in [0.1, 0.15) is 15.9 Å². The van der Waals surface area contributed by atoms with Gasteiger partial charge in [0.05, 0.1) is 13.1 Å². The highest BCUT2D eigenvalue weighted by molar-refractivity contribution is 6.30. The lowest BCUT2D eigenvalue weighted by Gasteiger charge is -2.18. The minimum Gasteiger partial charge on any atom is -0.492 e. The number of hydrogen-bond acceptors (Lipinski definition) is 3. The first-order valence-electron chi connectivity index (χ1n) is 7.93. The third kappa shape index (κ3) is 6.12. The van der Waals surface area contributed by atoms with Crippen LogP contribution in [-0.4, -0.2) is 43.5 Å². The van der Waals surface area contributed by atoms with Crippen molar-refractivity contribution in [3.05, 3.63) is 64.7 Å². The van der Waals surface area contributed by atoms with Crippen LogP contribution in [-0.2, 0) is 4.79 Å². The maximum Gasteiger partial charge on any atom is 0.251 e. The van der Waals surface area contributed by atoms with Crippen molar-refractivity contribution in [2.75, 3.05) is 26.7 Å². The summed E-state index contributed by atoms with van der Waals surface area (Å²) in [5, 5.41) is 3.22. The molecule has 0 spiro atoms. The largest absolute Gasteiger partial charge is 0.492 e. The SMILES string of the molecule is Cc1ccc(C(=O)NCC(=O)N(C)CCOc2cccc(Cl)c2)cc1. The molecule has 0 saturated carbocycles. The number of carbonyl (C=O) groups excluding carboxylic acids is 2. The predicted molar refractivity (Wildman–Crippen MR) is 98.1 cm³/mol. The summed E-state index contributed by atoms with van der Waals surface area (Å²) in [5.41, 5.74) is 1.61. The topological polar surface area (TPSA) is 58.6 Å². The Kier molecular flexibility index (Phi) is 6.83. The van der Waals surface area contributed by atoms with Gasteiger partial charge < -0.3 is 15.0 Å². The summed E-state index contributed by atoms with van der Waals surface area (Å²) >= 11 is 5.88. The Bertz CT molecular complexity index is 732. The molecule has 2 amide bonds. The first kappa shape index (κ1) is 18.8. The number of carbonyl (C=O) groups is 2. The fourth-order valence-corrected chi connectivity index (χ4v) is 2.26. The van der Waals surface area contributed by atoms with Crippen molar-refractivity contribution in [3.8, 4) is 5.75 Å². The molecule has 25 heavy (non-hydrogen) atoms. The zero-order valence-corrected chi connectivity index (χ0v) is 15.0. The van der Waals surface area contributed by atoms with Gasteiger partial charge in [-0.05, 0) is 37.3 Å². The van der Waals surface area contributed by atoms with E-state index < -0.39 is 0 Å². The number of hydrogen-bond donors (Lipinski definition) is 1. The van der Waals surface area contributed by atoms with Crippen LogP contribution in [0.3, 0.4) is 0 Å². The summed E-state index contributed by atoms with van der Waals surface area (Å²) in [4.78, 5) is 25.6. The molecule has 0 aliphatic rings. The molecule has 0 heterocycles. The van der Waals surface area contributed by atoms with Gasteiger partial charge in [0.25, 0.3) is 5.91 Å². The van der Waals surface area contributed by atoms with Crippen LogP contribution in [0.15, 0.2) is 48.5 Å². The Hall–Kier alpha value is -2.53. The number of amides is 2. The number of nitrogens with zero attached hydrogens (tertiary/aromatic N) is 1. The van der Waals surface area contributed by atoms with E-state index in [2.05, 4.69) is 5.32 Å². The Labute approximate surface area is 152 Å². The van der Waals surface area contributed by atoms with Crippen LogP contribution in [0.5, 0.6) is 5.75 Å². The molecule has 0 unspecified atom stereocenters. The first-order chi connectivity index (χ1) is 12.0. The normalized spacial score (nSPS) is 10.2. The fourth-order valence-electron chi connectivity index (χ4n) is 2.08. The van der Waals surface area contributed by atoms with Gasteiger partial charge in [0.1, 0.15) is 12.4 Å². The van der Waals surface area contributed by atoms with Crippen molar-refractivity contribution in [2.24, 2.45) is 0 Å². The number of aryl methyl sites for hydroxylation is 1. The average Bonchev–Trinajstić information content (AvgIpc) is 2.60. The van der Waals surface area contributed by atoms with Gasteiger partial charge in [-0.15, -0.1) is 0 Å². The Morgan fingerprint density at radius 3 is 2.56 bits per heavy atom. The van der Waals surface area contributed by atoms with Crippen LogP contribution in [0.25, 0.3) is 0 Å². The second-order valence-electron chi connectivity index (χ2n) is 5.67. The molecule has 1 N–H and O–H groups in total. The van der Waals surface area contributed by atoms with Crippen LogP contribution in [0, 0.1) is 6.92 Å². The van der Waals surface area contributed by atoms with Crippen molar-refractivity contribution < 1.29 is 14.3 Å². The molecule has 2 aromatic rings. The summed E-state index contributed by atoms with van der Waals surface area (Å²) in [6.45, 7) is 2.65. The minimum atomic E-state index is -0.267. The van der Waals surface area contributed by atoms with Gasteiger partial charge in [0, 0.05) is 17.6 Å². The van der Waals surface area contributed by atoms with E-state index in [1.54, 1.807) is 43.4 Å². The number of ether oxygens (including phenoxy) is 1. The molecule has 132 valence electrons. The Balaban J connectivity index is 1.72. The Morgan fingerprint density at radius 2 is 1.88 bits per heavy atom. The zero-order valence-electron chi connectivity index (χ0n) is 14.3. The molecule has 0 bridgehead atoms. The summed E-state index contributed by atoms with van der Waals surface area (Å²) in [6.07, 6.45) is 0. The average molecular weight is 361 g/mol. The van der Waals surface area contributed by atoms with Crippen molar-refractivity contribution in [3.63, 3.8) is 0 Å². The highest BCUT2D eigenvalue weighted by Crippen LogP contribution is 2.16. The molecule has 0 radical (unpaired) electrons. The van der Waals surface area contributed by atoms with E-state index in [0.29, 0.717) is 29.5 Å². The van der Waals surface area contributed by atoms with Crippen molar-refractivity contribution in [1.29, 1.82) is 0 Å². The fraction of sp³-hybridized carbons (Fsp3) is 0.263. The lowest BCUT2D eigenvalue weighted by atomic mass is 10.1. The van der Waals surface area contributed by atoms with Crippen LogP contribution in [0.4, 0.5) is 0 Å². The summed E-state index contributed by atoms with van der Waals surface area (Å²) in [6, 6.07) is 14.3. The lowest BCUT2D eigenvalue weighted by Crippen LogP contribution is -2.39. The molecule has 2 aromatic carbocycles. The van der Waals surface area contributed by atoms with Crippen molar-refractivity contribution >= 4 is 23.4 Å². The molecular weight excluding hydrogens is 340 g/mol. The highest BCUT2D eigenvalue weighted by Gasteiger charge is 2.11. The summed E-state index contributed by atoms with van der Waals surface area (Å²) in [5.74, 6) is 0.202. The molecule has 0 aliphatic heterocycles. The zero-order chi connectivity index (χ0) is 18.2. The van der Waals surface area contributed by atoms with E-state index in [1.165, 1.54) is 4.90 Å². The maximum absolute atomic E-state index is 12.1. The standard InChI is InChI=1S/C19H21ClN2O3/c1-14-6-8-15(9-7-14)19(24)21-13-18(23)22(2)10-11-25-17-5-3-4-16(20)12-17/h3-9,12H,10-11,13H2,1-2H3,(H,21,24). The van der Waals surface area contributed by atoms with Crippen molar-refractivity contribution in [1.82, 2.24) is 10.2 Å². The van der Waals surface area contributed by atoms with Crippen molar-refractivity contribution in [2.45, 2.75) is 6.92 Å². The molecule has 5 nitrogen and oxygen atoms in total. The monoisotopic (exact) mass is 360 g/mol. The predicted octanol–water partition coefficient (Wildman–Crippen LogP) is 2.92. The molecule has 2 rings (SSSR count). The lowest BCUT2D eigenvalue weighted by molar-refractivity contribution is -0.129. The molecule has 0 saturated heterocycles. The van der Waals surface area contributed by atoms with E-state index >= 15 is 0 Å². The van der Waals surface area contributed by atoms with Gasteiger partial charge >= 0.3 is 0 Å². The van der Waals surface area contributed by atoms with Crippen LogP contribution >= 0.6 is 11.6 Å². The number of nitrogens with one attached hydrogen (secondary N) is 1. The molecule has 0 aromatic heterocycles. The molecule has 0 aliphatic carbocycles. The van der Waals surface area contributed by atoms with Gasteiger partial charge in [-0.25, -0.2) is 0 Å². The summed E-state index contributed by atoms with van der Waals surface area (Å²) < 4.78 is 5.55. The molecule has 0 atom stereocenters. The maximum atomic E-state index is 12.1. The van der Waals surface area contributed by atoms with Crippen LogP contribution in [0.2, 0.25) is 5.02 Å². The van der Waals surface area contributed by atoms with E-state index in [-0.39, 0.29) is 18.4 Å². The number of likely N-dealkylation sites (N-methyl/N-ethyl adjacent to an activating group) is 1. The third-order valence-corrected chi connectivity index (χ3v) is 3.87.